The minimum atomic E-state index is 0.681. The first kappa shape index (κ1) is 12.1. The molecule has 0 unspecified atom stereocenters. The molecule has 3 rings (SSSR count). The quantitative estimate of drug-likeness (QED) is 0.677. The van der Waals surface area contributed by atoms with Crippen molar-refractivity contribution in [2.24, 2.45) is 0 Å². The van der Waals surface area contributed by atoms with Gasteiger partial charge in [-0.25, -0.2) is 4.98 Å². The maximum Gasteiger partial charge on any atom is 0.184 e. The van der Waals surface area contributed by atoms with Crippen molar-refractivity contribution in [2.45, 2.75) is 20.8 Å². The van der Waals surface area contributed by atoms with Crippen molar-refractivity contribution in [2.75, 3.05) is 0 Å². The number of hydrogen-bond acceptors (Lipinski definition) is 2. The van der Waals surface area contributed by atoms with Gasteiger partial charge in [-0.3, -0.25) is 4.57 Å². The van der Waals surface area contributed by atoms with E-state index in [4.69, 9.17) is 12.2 Å². The number of benzene rings is 1. The number of nitrogens with zero attached hydrogens (tertiary/aromatic N) is 2. The highest BCUT2D eigenvalue weighted by atomic mass is 32.1. The van der Waals surface area contributed by atoms with E-state index in [0.29, 0.717) is 4.77 Å². The first-order valence-corrected chi connectivity index (χ1v) is 6.63. The first-order valence-electron chi connectivity index (χ1n) is 6.22. The first-order chi connectivity index (χ1) is 9.08. The predicted octanol–water partition coefficient (Wildman–Crippen LogP) is 4.01. The smallest absolute Gasteiger partial charge is 0.184 e. The van der Waals surface area contributed by atoms with Crippen LogP contribution in [0.2, 0.25) is 0 Å². The topological polar surface area (TPSA) is 33.6 Å². The zero-order valence-corrected chi connectivity index (χ0v) is 12.0. The molecule has 96 valence electrons. The molecule has 0 saturated heterocycles. The molecular formula is C15H15N3S. The average molecular weight is 269 g/mol. The Morgan fingerprint density at radius 3 is 2.58 bits per heavy atom. The number of pyridine rings is 1. The highest BCUT2D eigenvalue weighted by Crippen LogP contribution is 2.21. The molecule has 0 amide bonds. The van der Waals surface area contributed by atoms with Gasteiger partial charge in [-0.15, -0.1) is 0 Å². The standard InChI is InChI=1S/C15H15N3S/c1-9-4-5-12(8-11(9)3)18-14-13(17-15(18)19)10(2)6-7-16-14/h4-8H,1-3H3,(H,17,19). The van der Waals surface area contributed by atoms with E-state index in [9.17, 15) is 0 Å². The molecule has 2 heterocycles. The van der Waals surface area contributed by atoms with E-state index in [1.54, 1.807) is 0 Å². The van der Waals surface area contributed by atoms with E-state index in [2.05, 4.69) is 48.9 Å². The largest absolute Gasteiger partial charge is 0.329 e. The van der Waals surface area contributed by atoms with Crippen LogP contribution in [0.15, 0.2) is 30.5 Å². The summed E-state index contributed by atoms with van der Waals surface area (Å²) in [6.07, 6.45) is 1.82. The van der Waals surface area contributed by atoms with Gasteiger partial charge in [0.05, 0.1) is 11.2 Å². The second-order valence-corrected chi connectivity index (χ2v) is 5.25. The molecule has 2 aromatic heterocycles. The SMILES string of the molecule is Cc1ccc(-n2c(=S)[nH]c3c(C)ccnc32)cc1C. The molecule has 0 spiro atoms. The number of H-pyrrole nitrogens is 1. The number of imidazole rings is 1. The Bertz CT molecular complexity index is 827. The van der Waals surface area contributed by atoms with Gasteiger partial charge in [0.15, 0.2) is 10.4 Å². The Labute approximate surface area is 116 Å². The van der Waals surface area contributed by atoms with Crippen molar-refractivity contribution in [3.05, 3.63) is 51.9 Å². The number of rotatable bonds is 1. The third-order valence-electron chi connectivity index (χ3n) is 3.53. The molecule has 0 aliphatic rings. The number of nitrogens with one attached hydrogen (secondary N) is 1. The number of aryl methyl sites for hydroxylation is 3. The average Bonchev–Trinajstić information content (AvgIpc) is 2.71. The highest BCUT2D eigenvalue weighted by Gasteiger charge is 2.09. The van der Waals surface area contributed by atoms with Gasteiger partial charge in [-0.05, 0) is 67.9 Å². The maximum atomic E-state index is 5.44. The number of hydrogen-bond donors (Lipinski definition) is 1. The van der Waals surface area contributed by atoms with E-state index < -0.39 is 0 Å². The van der Waals surface area contributed by atoms with Gasteiger partial charge in [0.25, 0.3) is 0 Å². The van der Waals surface area contributed by atoms with E-state index in [1.165, 1.54) is 11.1 Å². The van der Waals surface area contributed by atoms with Crippen LogP contribution in [-0.4, -0.2) is 14.5 Å². The van der Waals surface area contributed by atoms with Crippen molar-refractivity contribution in [1.82, 2.24) is 14.5 Å². The summed E-state index contributed by atoms with van der Waals surface area (Å²) in [4.78, 5) is 7.70. The lowest BCUT2D eigenvalue weighted by Crippen LogP contribution is -1.97. The second-order valence-electron chi connectivity index (χ2n) is 4.86. The molecule has 0 fully saturated rings. The lowest BCUT2D eigenvalue weighted by molar-refractivity contribution is 1.04. The van der Waals surface area contributed by atoms with Gasteiger partial charge in [0.2, 0.25) is 0 Å². The van der Waals surface area contributed by atoms with Crippen LogP contribution in [0.1, 0.15) is 16.7 Å². The lowest BCUT2D eigenvalue weighted by atomic mass is 10.1. The molecule has 3 nitrogen and oxygen atoms in total. The molecule has 0 atom stereocenters. The Morgan fingerprint density at radius 2 is 1.84 bits per heavy atom. The predicted molar refractivity (Wildman–Crippen MR) is 80.5 cm³/mol. The Hall–Kier alpha value is -1.94. The van der Waals surface area contributed by atoms with Crippen LogP contribution in [0.25, 0.3) is 16.9 Å². The van der Waals surface area contributed by atoms with Gasteiger partial charge in [-0.1, -0.05) is 6.07 Å². The maximum absolute atomic E-state index is 5.44. The summed E-state index contributed by atoms with van der Waals surface area (Å²) >= 11 is 5.44. The van der Waals surface area contributed by atoms with Crippen molar-refractivity contribution in [1.29, 1.82) is 0 Å². The fourth-order valence-electron chi connectivity index (χ4n) is 2.23. The van der Waals surface area contributed by atoms with Gasteiger partial charge in [0, 0.05) is 6.20 Å². The molecule has 0 bridgehead atoms. The van der Waals surface area contributed by atoms with Crippen LogP contribution in [0.3, 0.4) is 0 Å². The van der Waals surface area contributed by atoms with Crippen molar-refractivity contribution < 1.29 is 0 Å². The van der Waals surface area contributed by atoms with Crippen LogP contribution in [0.4, 0.5) is 0 Å². The van der Waals surface area contributed by atoms with E-state index in [0.717, 1.165) is 22.4 Å². The summed E-state index contributed by atoms with van der Waals surface area (Å²) in [6, 6.07) is 8.32. The normalized spacial score (nSPS) is 11.1. The van der Waals surface area contributed by atoms with Crippen molar-refractivity contribution in [3.8, 4) is 5.69 Å². The molecule has 3 aromatic rings. The summed E-state index contributed by atoms with van der Waals surface area (Å²) in [7, 11) is 0. The van der Waals surface area contributed by atoms with Crippen LogP contribution in [0.5, 0.6) is 0 Å². The molecule has 0 saturated carbocycles. The van der Waals surface area contributed by atoms with Gasteiger partial charge >= 0.3 is 0 Å². The highest BCUT2D eigenvalue weighted by molar-refractivity contribution is 7.71. The van der Waals surface area contributed by atoms with E-state index in [-0.39, 0.29) is 0 Å². The number of fused-ring (bicyclic) bond motifs is 1. The molecule has 0 radical (unpaired) electrons. The molecule has 19 heavy (non-hydrogen) atoms. The van der Waals surface area contributed by atoms with Crippen LogP contribution < -0.4 is 0 Å². The van der Waals surface area contributed by atoms with Crippen molar-refractivity contribution in [3.63, 3.8) is 0 Å². The molecule has 0 aliphatic heterocycles. The third-order valence-corrected chi connectivity index (χ3v) is 3.82. The zero-order chi connectivity index (χ0) is 13.6. The zero-order valence-electron chi connectivity index (χ0n) is 11.2. The third kappa shape index (κ3) is 1.88. The minimum Gasteiger partial charge on any atom is -0.329 e. The summed E-state index contributed by atoms with van der Waals surface area (Å²) in [6.45, 7) is 6.27. The summed E-state index contributed by atoms with van der Waals surface area (Å²) in [5.74, 6) is 0. The fraction of sp³-hybridized carbons (Fsp3) is 0.200. The van der Waals surface area contributed by atoms with E-state index >= 15 is 0 Å². The summed E-state index contributed by atoms with van der Waals surface area (Å²) in [5.41, 5.74) is 6.62. The van der Waals surface area contributed by atoms with Gasteiger partial charge in [0.1, 0.15) is 0 Å². The van der Waals surface area contributed by atoms with Crippen LogP contribution in [-0.2, 0) is 0 Å². The second kappa shape index (κ2) is 4.31. The monoisotopic (exact) mass is 269 g/mol. The van der Waals surface area contributed by atoms with Crippen LogP contribution in [0, 0.1) is 25.5 Å². The Balaban J connectivity index is 2.36. The van der Waals surface area contributed by atoms with E-state index in [1.807, 2.05) is 16.8 Å². The van der Waals surface area contributed by atoms with Gasteiger partial charge < -0.3 is 4.98 Å². The molecule has 1 N–H and O–H groups in total. The summed E-state index contributed by atoms with van der Waals surface area (Å²) < 4.78 is 2.67. The van der Waals surface area contributed by atoms with Crippen molar-refractivity contribution >= 4 is 23.4 Å². The Morgan fingerprint density at radius 1 is 1.05 bits per heavy atom. The minimum absolute atomic E-state index is 0.681. The number of aromatic nitrogens is 3. The Kier molecular flexibility index (Phi) is 2.75. The number of aromatic amines is 1. The molecule has 4 heteroatoms. The lowest BCUT2D eigenvalue weighted by Gasteiger charge is -2.07. The molecule has 1 aromatic carbocycles. The summed E-state index contributed by atoms with van der Waals surface area (Å²) in [5, 5.41) is 0. The molecule has 0 aliphatic carbocycles. The fourth-order valence-corrected chi connectivity index (χ4v) is 2.53. The van der Waals surface area contributed by atoms with Gasteiger partial charge in [-0.2, -0.15) is 0 Å². The van der Waals surface area contributed by atoms with Crippen LogP contribution >= 0.6 is 12.2 Å². The molecular weight excluding hydrogens is 254 g/mol.